The highest BCUT2D eigenvalue weighted by molar-refractivity contribution is 5.98. The number of aliphatic hydroxyl groups is 2. The van der Waals surface area contributed by atoms with Crippen molar-refractivity contribution in [2.24, 2.45) is 0 Å². The number of hydrogen-bond acceptors (Lipinski definition) is 7. The molecule has 0 aliphatic carbocycles. The molecule has 2 aromatic carbocycles. The van der Waals surface area contributed by atoms with Gasteiger partial charge < -0.3 is 26.2 Å². The molecule has 0 saturated heterocycles. The minimum Gasteiger partial charge on any atom is -0.395 e. The van der Waals surface area contributed by atoms with Gasteiger partial charge in [-0.05, 0) is 23.3 Å². The number of amides is 1. The normalized spacial score (nSPS) is 12.2. The van der Waals surface area contributed by atoms with E-state index in [1.807, 2.05) is 68.4 Å². The molecule has 3 aromatic rings. The quantitative estimate of drug-likeness (QED) is 0.350. The molecule has 32 heavy (non-hydrogen) atoms. The van der Waals surface area contributed by atoms with Crippen molar-refractivity contribution in [2.75, 3.05) is 30.9 Å². The van der Waals surface area contributed by atoms with E-state index < -0.39 is 6.04 Å². The van der Waals surface area contributed by atoms with Crippen molar-refractivity contribution in [2.45, 2.75) is 25.3 Å². The Morgan fingerprint density at radius 2 is 1.75 bits per heavy atom. The molecule has 0 bridgehead atoms. The minimum atomic E-state index is -0.442. The molecule has 0 radical (unpaired) electrons. The molecule has 1 amide bonds. The number of aromatic nitrogens is 2. The summed E-state index contributed by atoms with van der Waals surface area (Å²) in [6, 6.07) is 16.7. The zero-order valence-corrected chi connectivity index (χ0v) is 18.5. The molecule has 0 aliphatic rings. The van der Waals surface area contributed by atoms with Gasteiger partial charge in [0.25, 0.3) is 5.91 Å². The van der Waals surface area contributed by atoms with Crippen molar-refractivity contribution in [1.82, 2.24) is 15.3 Å². The van der Waals surface area contributed by atoms with E-state index in [1.54, 1.807) is 0 Å². The molecule has 1 atom stereocenters. The summed E-state index contributed by atoms with van der Waals surface area (Å²) in [6.45, 7) is 3.81. The summed E-state index contributed by atoms with van der Waals surface area (Å²) in [6.07, 6.45) is 1.44. The summed E-state index contributed by atoms with van der Waals surface area (Å²) in [4.78, 5) is 21.1. The van der Waals surface area contributed by atoms with Crippen molar-refractivity contribution >= 4 is 23.4 Å². The Kier molecular flexibility index (Phi) is 7.40. The molecule has 0 fully saturated rings. The predicted octanol–water partition coefficient (Wildman–Crippen LogP) is 3.00. The zero-order chi connectivity index (χ0) is 23.1. The second-order valence-electron chi connectivity index (χ2n) is 8.07. The van der Waals surface area contributed by atoms with Gasteiger partial charge in [0, 0.05) is 24.3 Å². The van der Waals surface area contributed by atoms with Gasteiger partial charge in [-0.1, -0.05) is 56.3 Å². The van der Waals surface area contributed by atoms with Gasteiger partial charge in [-0.15, -0.1) is 0 Å². The Morgan fingerprint density at radius 3 is 2.34 bits per heavy atom. The average Bonchev–Trinajstić information content (AvgIpc) is 2.83. The lowest BCUT2D eigenvalue weighted by Crippen LogP contribution is -2.23. The highest BCUT2D eigenvalue weighted by Gasteiger charge is 2.20. The Bertz CT molecular complexity index is 1040. The van der Waals surface area contributed by atoms with Crippen LogP contribution in [0.5, 0.6) is 0 Å². The number of hydrogen-bond donors (Lipinski definition) is 5. The third kappa shape index (κ3) is 5.40. The summed E-state index contributed by atoms with van der Waals surface area (Å²) >= 11 is 0. The van der Waals surface area contributed by atoms with Gasteiger partial charge in [-0.25, -0.2) is 4.98 Å². The van der Waals surface area contributed by atoms with E-state index in [1.165, 1.54) is 13.2 Å². The fraction of sp³-hybridized carbons (Fsp3) is 0.292. The highest BCUT2D eigenvalue weighted by atomic mass is 16.3. The predicted molar refractivity (Wildman–Crippen MR) is 125 cm³/mol. The maximum Gasteiger partial charge on any atom is 0.256 e. The first kappa shape index (κ1) is 23.2. The zero-order valence-electron chi connectivity index (χ0n) is 18.5. The second kappa shape index (κ2) is 10.2. The fourth-order valence-corrected chi connectivity index (χ4v) is 3.16. The highest BCUT2D eigenvalue weighted by Crippen LogP contribution is 2.26. The largest absolute Gasteiger partial charge is 0.395 e. The van der Waals surface area contributed by atoms with Crippen LogP contribution in [-0.2, 0) is 5.41 Å². The monoisotopic (exact) mass is 435 g/mol. The first-order valence-electron chi connectivity index (χ1n) is 10.4. The number of carbonyl (C=O) groups excluding carboxylic acids is 1. The van der Waals surface area contributed by atoms with E-state index in [0.29, 0.717) is 11.8 Å². The van der Waals surface area contributed by atoms with Gasteiger partial charge in [0.2, 0.25) is 5.95 Å². The number of carbonyl (C=O) groups is 1. The van der Waals surface area contributed by atoms with Crippen LogP contribution in [0.15, 0.2) is 60.8 Å². The lowest BCUT2D eigenvalue weighted by Gasteiger charge is -2.22. The van der Waals surface area contributed by atoms with E-state index in [4.69, 9.17) is 0 Å². The number of nitrogens with one attached hydrogen (secondary N) is 3. The number of nitrogens with zero attached hydrogens (tertiary/aromatic N) is 2. The summed E-state index contributed by atoms with van der Waals surface area (Å²) in [7, 11) is 1.54. The lowest BCUT2D eigenvalue weighted by atomic mass is 9.86. The van der Waals surface area contributed by atoms with E-state index in [2.05, 4.69) is 25.9 Å². The maximum atomic E-state index is 12.3. The molecule has 1 aromatic heterocycles. The molecule has 5 N–H and O–H groups in total. The summed E-state index contributed by atoms with van der Waals surface area (Å²) in [5.41, 5.74) is 2.58. The first-order valence-corrected chi connectivity index (χ1v) is 10.4. The van der Waals surface area contributed by atoms with E-state index in [9.17, 15) is 15.0 Å². The number of benzene rings is 2. The maximum absolute atomic E-state index is 12.3. The molecular weight excluding hydrogens is 406 g/mol. The van der Waals surface area contributed by atoms with Gasteiger partial charge in [0.15, 0.2) is 0 Å². The molecule has 3 rings (SSSR count). The van der Waals surface area contributed by atoms with Crippen molar-refractivity contribution in [3.05, 3.63) is 77.5 Å². The molecule has 0 spiro atoms. The summed E-state index contributed by atoms with van der Waals surface area (Å²) in [5, 5.41) is 28.3. The Balaban J connectivity index is 1.87. The van der Waals surface area contributed by atoms with E-state index >= 15 is 0 Å². The van der Waals surface area contributed by atoms with Crippen molar-refractivity contribution < 1.29 is 15.0 Å². The van der Waals surface area contributed by atoms with Crippen molar-refractivity contribution in [1.29, 1.82) is 0 Å². The number of anilines is 3. The van der Waals surface area contributed by atoms with Crippen LogP contribution in [0.1, 0.15) is 41.4 Å². The molecule has 0 saturated carbocycles. The van der Waals surface area contributed by atoms with Crippen LogP contribution in [-0.4, -0.2) is 46.3 Å². The molecule has 8 heteroatoms. The molecule has 8 nitrogen and oxygen atoms in total. The lowest BCUT2D eigenvalue weighted by molar-refractivity contribution is 0.0963. The first-order chi connectivity index (χ1) is 15.4. The van der Waals surface area contributed by atoms with Gasteiger partial charge >= 0.3 is 0 Å². The van der Waals surface area contributed by atoms with Crippen LogP contribution in [0.4, 0.5) is 17.5 Å². The van der Waals surface area contributed by atoms with Crippen LogP contribution in [0, 0.1) is 0 Å². The van der Waals surface area contributed by atoms with E-state index in [-0.39, 0.29) is 30.1 Å². The van der Waals surface area contributed by atoms with Gasteiger partial charge in [-0.3, -0.25) is 4.79 Å². The van der Waals surface area contributed by atoms with Gasteiger partial charge in [-0.2, -0.15) is 4.98 Å². The van der Waals surface area contributed by atoms with Crippen molar-refractivity contribution in [3.63, 3.8) is 0 Å². The Morgan fingerprint density at radius 1 is 1.06 bits per heavy atom. The van der Waals surface area contributed by atoms with Crippen LogP contribution in [0.3, 0.4) is 0 Å². The SMILES string of the molecule is CNC(=O)c1cnc(Nc2ccc(C(C)(C)CO)cc2)nc1N[C@H](CO)c1ccccc1. The van der Waals surface area contributed by atoms with Crippen LogP contribution in [0.25, 0.3) is 0 Å². The Hall–Kier alpha value is -3.49. The van der Waals surface area contributed by atoms with Gasteiger partial charge in [0.1, 0.15) is 11.4 Å². The van der Waals surface area contributed by atoms with E-state index in [0.717, 1.165) is 16.8 Å². The fourth-order valence-electron chi connectivity index (χ4n) is 3.16. The van der Waals surface area contributed by atoms with Crippen LogP contribution in [0.2, 0.25) is 0 Å². The minimum absolute atomic E-state index is 0.0479. The topological polar surface area (TPSA) is 119 Å². The summed E-state index contributed by atoms with van der Waals surface area (Å²) in [5.74, 6) is 0.279. The number of rotatable bonds is 9. The number of aliphatic hydroxyl groups excluding tert-OH is 2. The van der Waals surface area contributed by atoms with Crippen LogP contribution < -0.4 is 16.0 Å². The summed E-state index contributed by atoms with van der Waals surface area (Å²) < 4.78 is 0. The third-order valence-electron chi connectivity index (χ3n) is 5.27. The standard InChI is InChI=1S/C24H29N5O3/c1-24(2,15-31)17-9-11-18(12-10-17)27-23-26-13-19(22(32)25-3)21(29-23)28-20(14-30)16-7-5-4-6-8-16/h4-13,20,30-31H,14-15H2,1-3H3,(H,25,32)(H2,26,27,28,29)/t20-/m1/s1. The van der Waals surface area contributed by atoms with Crippen molar-refractivity contribution in [3.8, 4) is 0 Å². The van der Waals surface area contributed by atoms with Gasteiger partial charge in [0.05, 0.1) is 19.3 Å². The molecule has 168 valence electrons. The molecule has 0 aliphatic heterocycles. The smallest absolute Gasteiger partial charge is 0.256 e. The molecule has 1 heterocycles. The molecule has 0 unspecified atom stereocenters. The Labute approximate surface area is 187 Å². The molecular formula is C24H29N5O3. The average molecular weight is 436 g/mol. The van der Waals surface area contributed by atoms with Crippen LogP contribution >= 0.6 is 0 Å². The second-order valence-corrected chi connectivity index (χ2v) is 8.07. The third-order valence-corrected chi connectivity index (χ3v) is 5.27.